The Hall–Kier alpha value is -3.03. The minimum atomic E-state index is -0.438. The highest BCUT2D eigenvalue weighted by Gasteiger charge is 2.23. The number of nitrogens with zero attached hydrogens (tertiary/aromatic N) is 2. The number of benzene rings is 1. The number of hydrogen-bond donors (Lipinski definition) is 0. The maximum atomic E-state index is 12.5. The lowest BCUT2D eigenvalue weighted by molar-refractivity contribution is -0.133. The number of carbonyl (C=O) groups excluding carboxylic acids is 2. The van der Waals surface area contributed by atoms with Gasteiger partial charge in [0.15, 0.2) is 6.61 Å². The molecule has 156 valence electrons. The van der Waals surface area contributed by atoms with E-state index in [4.69, 9.17) is 13.9 Å². The summed E-state index contributed by atoms with van der Waals surface area (Å²) < 4.78 is 16.0. The second-order valence-corrected chi connectivity index (χ2v) is 7.43. The van der Waals surface area contributed by atoms with Crippen LogP contribution in [-0.2, 0) is 9.53 Å². The van der Waals surface area contributed by atoms with Crippen molar-refractivity contribution in [2.24, 2.45) is 5.92 Å². The van der Waals surface area contributed by atoms with Crippen molar-refractivity contribution in [2.75, 3.05) is 39.4 Å². The molecule has 0 aliphatic carbocycles. The number of carbonyl (C=O) groups is 2. The van der Waals surface area contributed by atoms with Crippen molar-refractivity contribution in [1.29, 1.82) is 0 Å². The van der Waals surface area contributed by atoms with E-state index in [9.17, 15) is 14.4 Å². The quantitative estimate of drug-likeness (QED) is 0.714. The summed E-state index contributed by atoms with van der Waals surface area (Å²) in [5, 5.41) is 0.778. The van der Waals surface area contributed by atoms with Gasteiger partial charge in [0.25, 0.3) is 5.91 Å². The van der Waals surface area contributed by atoms with Gasteiger partial charge in [-0.15, -0.1) is 0 Å². The van der Waals surface area contributed by atoms with Gasteiger partial charge in [0, 0.05) is 43.7 Å². The molecule has 3 rings (SSSR count). The minimum Gasteiger partial charge on any atom is -0.484 e. The van der Waals surface area contributed by atoms with Gasteiger partial charge in [-0.25, -0.2) is 9.59 Å². The van der Waals surface area contributed by atoms with E-state index in [0.29, 0.717) is 50.5 Å². The fourth-order valence-corrected chi connectivity index (χ4v) is 3.05. The highest BCUT2D eigenvalue weighted by atomic mass is 16.6. The fourth-order valence-electron chi connectivity index (χ4n) is 3.05. The molecule has 0 unspecified atom stereocenters. The number of fused-ring (bicyclic) bond motifs is 1. The highest BCUT2D eigenvalue weighted by Crippen LogP contribution is 2.19. The minimum absolute atomic E-state index is 0.125. The molecular formula is C21H26N2O6. The number of ether oxygens (including phenoxy) is 2. The van der Waals surface area contributed by atoms with E-state index in [1.54, 1.807) is 34.1 Å². The molecule has 1 aliphatic heterocycles. The molecule has 8 nitrogen and oxygen atoms in total. The van der Waals surface area contributed by atoms with Crippen LogP contribution < -0.4 is 10.4 Å². The molecule has 1 aromatic heterocycles. The van der Waals surface area contributed by atoms with Crippen LogP contribution in [-0.4, -0.2) is 61.2 Å². The first kappa shape index (κ1) is 20.7. The molecule has 0 bridgehead atoms. The summed E-state index contributed by atoms with van der Waals surface area (Å²) in [7, 11) is 0. The predicted molar refractivity (Wildman–Crippen MR) is 107 cm³/mol. The zero-order valence-electron chi connectivity index (χ0n) is 16.8. The van der Waals surface area contributed by atoms with Crippen LogP contribution in [0.2, 0.25) is 0 Å². The summed E-state index contributed by atoms with van der Waals surface area (Å²) in [5.74, 6) is 0.579. The van der Waals surface area contributed by atoms with Gasteiger partial charge in [-0.05, 0) is 30.5 Å². The number of rotatable bonds is 5. The average molecular weight is 402 g/mol. The maximum absolute atomic E-state index is 12.5. The zero-order valence-corrected chi connectivity index (χ0v) is 16.8. The fraction of sp³-hybridized carbons (Fsp3) is 0.476. The Kier molecular flexibility index (Phi) is 6.74. The van der Waals surface area contributed by atoms with E-state index in [-0.39, 0.29) is 24.5 Å². The molecular weight excluding hydrogens is 376 g/mol. The third-order valence-corrected chi connectivity index (χ3v) is 4.60. The maximum Gasteiger partial charge on any atom is 0.409 e. The lowest BCUT2D eigenvalue weighted by atomic mass is 10.2. The second kappa shape index (κ2) is 9.45. The number of amides is 2. The van der Waals surface area contributed by atoms with Crippen molar-refractivity contribution in [3.8, 4) is 5.75 Å². The van der Waals surface area contributed by atoms with Crippen LogP contribution in [0.1, 0.15) is 20.3 Å². The van der Waals surface area contributed by atoms with Gasteiger partial charge in [-0.2, -0.15) is 0 Å². The Balaban J connectivity index is 1.52. The van der Waals surface area contributed by atoms with Crippen LogP contribution >= 0.6 is 0 Å². The molecule has 0 atom stereocenters. The third-order valence-electron chi connectivity index (χ3n) is 4.60. The first-order valence-electron chi connectivity index (χ1n) is 9.78. The summed E-state index contributed by atoms with van der Waals surface area (Å²) in [4.78, 5) is 39.3. The highest BCUT2D eigenvalue weighted by molar-refractivity contribution is 5.79. The van der Waals surface area contributed by atoms with Crippen LogP contribution in [0.3, 0.4) is 0 Å². The van der Waals surface area contributed by atoms with Gasteiger partial charge in [0.2, 0.25) is 0 Å². The second-order valence-electron chi connectivity index (χ2n) is 7.43. The molecule has 1 saturated heterocycles. The summed E-state index contributed by atoms with van der Waals surface area (Å²) in [6, 6.07) is 8.12. The molecule has 2 amide bonds. The Morgan fingerprint density at radius 3 is 2.59 bits per heavy atom. The molecule has 0 spiro atoms. The van der Waals surface area contributed by atoms with E-state index in [1.807, 2.05) is 13.8 Å². The Labute approximate surface area is 169 Å². The lowest BCUT2D eigenvalue weighted by Gasteiger charge is -2.22. The van der Waals surface area contributed by atoms with Crippen LogP contribution in [0.4, 0.5) is 4.79 Å². The Morgan fingerprint density at radius 1 is 1.07 bits per heavy atom. The van der Waals surface area contributed by atoms with E-state index in [1.165, 1.54) is 6.07 Å². The standard InChI is InChI=1S/C21H26N2O6/c1-15(2)13-28-21(26)23-9-3-8-22(10-11-23)19(24)14-27-17-6-4-16-5-7-20(25)29-18(16)12-17/h4-7,12,15H,3,8-11,13-14H2,1-2H3. The number of hydrogen-bond acceptors (Lipinski definition) is 6. The monoisotopic (exact) mass is 402 g/mol. The first-order chi connectivity index (χ1) is 13.9. The topological polar surface area (TPSA) is 89.3 Å². The molecule has 1 aliphatic rings. The molecule has 29 heavy (non-hydrogen) atoms. The van der Waals surface area contributed by atoms with Gasteiger partial charge < -0.3 is 23.7 Å². The van der Waals surface area contributed by atoms with Crippen LogP contribution in [0.5, 0.6) is 5.75 Å². The molecule has 2 aromatic rings. The van der Waals surface area contributed by atoms with Crippen molar-refractivity contribution in [3.05, 3.63) is 40.8 Å². The van der Waals surface area contributed by atoms with E-state index >= 15 is 0 Å². The van der Waals surface area contributed by atoms with E-state index in [2.05, 4.69) is 0 Å². The molecule has 8 heteroatoms. The van der Waals surface area contributed by atoms with Crippen molar-refractivity contribution >= 4 is 23.0 Å². The molecule has 0 N–H and O–H groups in total. The molecule has 1 aromatic carbocycles. The first-order valence-corrected chi connectivity index (χ1v) is 9.78. The van der Waals surface area contributed by atoms with Crippen LogP contribution in [0.25, 0.3) is 11.0 Å². The van der Waals surface area contributed by atoms with Crippen molar-refractivity contribution < 1.29 is 23.5 Å². The molecule has 0 saturated carbocycles. The Morgan fingerprint density at radius 2 is 1.79 bits per heavy atom. The molecule has 2 heterocycles. The molecule has 1 fully saturated rings. The summed E-state index contributed by atoms with van der Waals surface area (Å²) in [5.41, 5.74) is -0.0282. The largest absolute Gasteiger partial charge is 0.484 e. The van der Waals surface area contributed by atoms with Gasteiger partial charge in [-0.1, -0.05) is 13.8 Å². The predicted octanol–water partition coefficient (Wildman–Crippen LogP) is 2.50. The lowest BCUT2D eigenvalue weighted by Crippen LogP contribution is -2.39. The van der Waals surface area contributed by atoms with Gasteiger partial charge >= 0.3 is 11.7 Å². The summed E-state index contributed by atoms with van der Waals surface area (Å²) in [6.45, 7) is 6.22. The van der Waals surface area contributed by atoms with Crippen LogP contribution in [0, 0.1) is 5.92 Å². The van der Waals surface area contributed by atoms with Gasteiger partial charge in [0.1, 0.15) is 11.3 Å². The average Bonchev–Trinajstić information content (AvgIpc) is 2.96. The third kappa shape index (κ3) is 5.73. The van der Waals surface area contributed by atoms with Gasteiger partial charge in [-0.3, -0.25) is 4.79 Å². The molecule has 0 radical (unpaired) electrons. The van der Waals surface area contributed by atoms with Crippen molar-refractivity contribution in [2.45, 2.75) is 20.3 Å². The SMILES string of the molecule is CC(C)COC(=O)N1CCCN(C(=O)COc2ccc3ccc(=O)oc3c2)CC1. The summed E-state index contributed by atoms with van der Waals surface area (Å²) >= 11 is 0. The smallest absolute Gasteiger partial charge is 0.409 e. The van der Waals surface area contributed by atoms with Crippen LogP contribution in [0.15, 0.2) is 39.5 Å². The summed E-state index contributed by atoms with van der Waals surface area (Å²) in [6.07, 6.45) is 0.353. The van der Waals surface area contributed by atoms with Crippen molar-refractivity contribution in [3.63, 3.8) is 0 Å². The van der Waals surface area contributed by atoms with E-state index in [0.717, 1.165) is 5.39 Å². The normalized spacial score (nSPS) is 14.7. The van der Waals surface area contributed by atoms with E-state index < -0.39 is 5.63 Å². The Bertz CT molecular complexity index is 923. The van der Waals surface area contributed by atoms with Crippen molar-refractivity contribution in [1.82, 2.24) is 9.80 Å². The van der Waals surface area contributed by atoms with Gasteiger partial charge in [0.05, 0.1) is 6.61 Å². The zero-order chi connectivity index (χ0) is 20.8.